The minimum absolute atomic E-state index is 0.327. The number of benzene rings is 2. The molecule has 5 heteroatoms. The molecule has 5 rings (SSSR count). The van der Waals surface area contributed by atoms with Gasteiger partial charge in [0.1, 0.15) is 0 Å². The fraction of sp³-hybridized carbons (Fsp3) is 0.440. The van der Waals surface area contributed by atoms with Crippen LogP contribution >= 0.6 is 11.8 Å². The zero-order valence-electron chi connectivity index (χ0n) is 17.9. The largest absolute Gasteiger partial charge is 0.340 e. The van der Waals surface area contributed by atoms with E-state index < -0.39 is 0 Å². The van der Waals surface area contributed by atoms with E-state index in [1.165, 1.54) is 78.3 Å². The predicted molar refractivity (Wildman–Crippen MR) is 127 cm³/mol. The van der Waals surface area contributed by atoms with E-state index in [0.29, 0.717) is 12.0 Å². The molecule has 0 spiro atoms. The summed E-state index contributed by atoms with van der Waals surface area (Å²) in [6, 6.07) is 15.5. The number of nitrogens with zero attached hydrogens (tertiary/aromatic N) is 3. The van der Waals surface area contributed by atoms with Gasteiger partial charge in [0.25, 0.3) is 0 Å². The molecular formula is C25H32N4S. The Morgan fingerprint density at radius 1 is 1.03 bits per heavy atom. The fourth-order valence-electron chi connectivity index (χ4n) is 4.93. The third-order valence-electron chi connectivity index (χ3n) is 6.63. The Labute approximate surface area is 184 Å². The van der Waals surface area contributed by atoms with E-state index in [1.807, 2.05) is 11.8 Å². The molecule has 0 saturated carbocycles. The van der Waals surface area contributed by atoms with Crippen molar-refractivity contribution in [3.8, 4) is 0 Å². The Morgan fingerprint density at radius 3 is 2.67 bits per heavy atom. The molecule has 158 valence electrons. The van der Waals surface area contributed by atoms with Crippen LogP contribution in [0.4, 0.5) is 5.69 Å². The van der Waals surface area contributed by atoms with Crippen molar-refractivity contribution >= 4 is 23.1 Å². The number of hydrogen-bond acceptors (Lipinski definition) is 5. The Balaban J connectivity index is 1.39. The summed E-state index contributed by atoms with van der Waals surface area (Å²) in [4.78, 5) is 9.11. The van der Waals surface area contributed by atoms with E-state index in [2.05, 4.69) is 70.3 Å². The number of thioether (sulfide) groups is 1. The van der Waals surface area contributed by atoms with Crippen molar-refractivity contribution in [3.05, 3.63) is 65.4 Å². The number of hydrogen-bond donors (Lipinski definition) is 1. The van der Waals surface area contributed by atoms with Crippen LogP contribution in [0.15, 0.2) is 53.6 Å². The third-order valence-corrected chi connectivity index (χ3v) is 7.92. The van der Waals surface area contributed by atoms with Crippen LogP contribution in [-0.4, -0.2) is 41.5 Å². The lowest BCUT2D eigenvalue weighted by atomic mass is 10.0. The summed E-state index contributed by atoms with van der Waals surface area (Å²) in [5.74, 6) is 0. The highest BCUT2D eigenvalue weighted by Crippen LogP contribution is 2.50. The van der Waals surface area contributed by atoms with Crippen molar-refractivity contribution in [3.63, 3.8) is 0 Å². The molecule has 3 heterocycles. The number of piperidine rings is 1. The summed E-state index contributed by atoms with van der Waals surface area (Å²) < 4.78 is 0. The van der Waals surface area contributed by atoms with Crippen molar-refractivity contribution in [2.75, 3.05) is 31.1 Å². The van der Waals surface area contributed by atoms with Gasteiger partial charge in [-0.15, -0.1) is 0 Å². The van der Waals surface area contributed by atoms with Crippen molar-refractivity contribution in [2.45, 2.75) is 49.5 Å². The summed E-state index contributed by atoms with van der Waals surface area (Å²) in [6.45, 7) is 7.62. The zero-order chi connectivity index (χ0) is 20.5. The first-order valence-corrected chi connectivity index (χ1v) is 12.2. The average Bonchev–Trinajstić information content (AvgIpc) is 3.31. The first-order valence-electron chi connectivity index (χ1n) is 11.3. The molecule has 2 aromatic rings. The quantitative estimate of drug-likeness (QED) is 0.724. The van der Waals surface area contributed by atoms with Crippen molar-refractivity contribution in [1.82, 2.24) is 9.80 Å². The highest BCUT2D eigenvalue weighted by molar-refractivity contribution is 8.00. The SMILES string of the molecule is Cc1cc(C2=CN3c4ccccc4SC3N2CCCN2CCCCC2)ccc1CN. The molecule has 4 nitrogen and oxygen atoms in total. The zero-order valence-corrected chi connectivity index (χ0v) is 18.7. The van der Waals surface area contributed by atoms with Crippen LogP contribution in [0.1, 0.15) is 42.4 Å². The number of para-hydroxylation sites is 1. The maximum absolute atomic E-state index is 5.90. The molecular weight excluding hydrogens is 388 g/mol. The molecule has 0 aliphatic carbocycles. The van der Waals surface area contributed by atoms with Gasteiger partial charge < -0.3 is 20.4 Å². The maximum Gasteiger partial charge on any atom is 0.159 e. The van der Waals surface area contributed by atoms with Gasteiger partial charge in [-0.05, 0) is 80.7 Å². The van der Waals surface area contributed by atoms with Crippen LogP contribution in [0.2, 0.25) is 0 Å². The predicted octanol–water partition coefficient (Wildman–Crippen LogP) is 4.84. The van der Waals surface area contributed by atoms with E-state index >= 15 is 0 Å². The van der Waals surface area contributed by atoms with Crippen molar-refractivity contribution in [2.24, 2.45) is 5.73 Å². The topological polar surface area (TPSA) is 35.7 Å². The van der Waals surface area contributed by atoms with Gasteiger partial charge in [0.05, 0.1) is 11.4 Å². The second-order valence-electron chi connectivity index (χ2n) is 8.63. The normalized spacial score (nSPS) is 21.0. The van der Waals surface area contributed by atoms with Gasteiger partial charge in [0.15, 0.2) is 5.50 Å². The van der Waals surface area contributed by atoms with Gasteiger partial charge in [-0.25, -0.2) is 0 Å². The molecule has 1 atom stereocenters. The molecule has 3 aliphatic heterocycles. The molecule has 0 amide bonds. The average molecular weight is 421 g/mol. The fourth-order valence-corrected chi connectivity index (χ4v) is 6.25. The smallest absolute Gasteiger partial charge is 0.159 e. The van der Waals surface area contributed by atoms with Crippen LogP contribution < -0.4 is 10.6 Å². The number of likely N-dealkylation sites (tertiary alicyclic amines) is 1. The molecule has 1 saturated heterocycles. The van der Waals surface area contributed by atoms with Crippen LogP contribution in [0, 0.1) is 6.92 Å². The molecule has 1 fully saturated rings. The second-order valence-corrected chi connectivity index (χ2v) is 9.73. The molecule has 2 N–H and O–H groups in total. The number of anilines is 1. The molecule has 0 radical (unpaired) electrons. The Bertz CT molecular complexity index is 934. The van der Waals surface area contributed by atoms with Crippen LogP contribution in [0.5, 0.6) is 0 Å². The van der Waals surface area contributed by atoms with Gasteiger partial charge in [0, 0.05) is 24.2 Å². The van der Waals surface area contributed by atoms with Crippen molar-refractivity contribution in [1.29, 1.82) is 0 Å². The highest BCUT2D eigenvalue weighted by atomic mass is 32.2. The first-order chi connectivity index (χ1) is 14.7. The van der Waals surface area contributed by atoms with E-state index in [1.54, 1.807) is 0 Å². The molecule has 0 bridgehead atoms. The summed E-state index contributed by atoms with van der Waals surface area (Å²) in [6.07, 6.45) is 7.70. The minimum Gasteiger partial charge on any atom is -0.340 e. The molecule has 30 heavy (non-hydrogen) atoms. The summed E-state index contributed by atoms with van der Waals surface area (Å²) >= 11 is 1.98. The lowest BCUT2D eigenvalue weighted by Crippen LogP contribution is -2.37. The number of aryl methyl sites for hydroxylation is 1. The second kappa shape index (κ2) is 8.66. The molecule has 2 aromatic carbocycles. The molecule has 0 aromatic heterocycles. The van der Waals surface area contributed by atoms with Crippen LogP contribution in [-0.2, 0) is 6.54 Å². The first kappa shape index (κ1) is 20.0. The number of rotatable bonds is 6. The van der Waals surface area contributed by atoms with Crippen LogP contribution in [0.3, 0.4) is 0 Å². The lowest BCUT2D eigenvalue weighted by Gasteiger charge is -2.31. The third kappa shape index (κ3) is 3.75. The van der Waals surface area contributed by atoms with E-state index in [9.17, 15) is 0 Å². The summed E-state index contributed by atoms with van der Waals surface area (Å²) in [5, 5.41) is 0. The van der Waals surface area contributed by atoms with Gasteiger partial charge in [-0.3, -0.25) is 0 Å². The molecule has 1 unspecified atom stereocenters. The van der Waals surface area contributed by atoms with E-state index in [0.717, 1.165) is 6.54 Å². The van der Waals surface area contributed by atoms with Crippen molar-refractivity contribution < 1.29 is 0 Å². The monoisotopic (exact) mass is 420 g/mol. The van der Waals surface area contributed by atoms with E-state index in [4.69, 9.17) is 5.73 Å². The minimum atomic E-state index is 0.327. The highest BCUT2D eigenvalue weighted by Gasteiger charge is 2.39. The van der Waals surface area contributed by atoms with E-state index in [-0.39, 0.29) is 0 Å². The van der Waals surface area contributed by atoms with Gasteiger partial charge in [0.2, 0.25) is 0 Å². The number of nitrogens with two attached hydrogens (primary N) is 1. The Kier molecular flexibility index (Phi) is 5.77. The summed E-state index contributed by atoms with van der Waals surface area (Å²) in [7, 11) is 0. The molecule has 3 aliphatic rings. The van der Waals surface area contributed by atoms with Crippen LogP contribution in [0.25, 0.3) is 5.70 Å². The Morgan fingerprint density at radius 2 is 1.87 bits per heavy atom. The summed E-state index contributed by atoms with van der Waals surface area (Å²) in [5.41, 5.74) is 12.7. The van der Waals surface area contributed by atoms with Gasteiger partial charge in [-0.2, -0.15) is 0 Å². The maximum atomic E-state index is 5.90. The van der Waals surface area contributed by atoms with Gasteiger partial charge >= 0.3 is 0 Å². The lowest BCUT2D eigenvalue weighted by molar-refractivity contribution is 0.217. The Hall–Kier alpha value is -1.95. The standard InChI is InChI=1S/C25H32N4S/c1-19-16-20(10-11-21(19)17-26)23-18-29-22-8-3-4-9-24(22)30-25(29)28(23)15-7-14-27-12-5-2-6-13-27/h3-4,8-11,16,18,25H,2,5-7,12-15,17,26H2,1H3. The number of fused-ring (bicyclic) bond motifs is 3. The van der Waals surface area contributed by atoms with Gasteiger partial charge in [-0.1, -0.05) is 42.4 Å².